The Morgan fingerprint density at radius 1 is 1.18 bits per heavy atom. The van der Waals surface area contributed by atoms with Crippen molar-refractivity contribution < 1.29 is 19.4 Å². The Bertz CT molecular complexity index is 921. The molecular formula is C21H19BrN2O4. The van der Waals surface area contributed by atoms with Crippen molar-refractivity contribution in [2.24, 2.45) is 0 Å². The van der Waals surface area contributed by atoms with Gasteiger partial charge in [-0.05, 0) is 42.7 Å². The zero-order valence-electron chi connectivity index (χ0n) is 15.0. The molecule has 3 heterocycles. The molecule has 0 spiro atoms. The van der Waals surface area contributed by atoms with E-state index in [0.717, 1.165) is 22.9 Å². The van der Waals surface area contributed by atoms with Crippen LogP contribution in [-0.2, 0) is 14.3 Å². The smallest absolute Gasteiger partial charge is 0.295 e. The largest absolute Gasteiger partial charge is 0.507 e. The van der Waals surface area contributed by atoms with Crippen molar-refractivity contribution in [3.8, 4) is 0 Å². The lowest BCUT2D eigenvalue weighted by Gasteiger charge is -2.27. The SMILES string of the molecule is O=C1C(=O)N(CC2CCCO2)C(c2ccncc2)/C1=C(/O)c1ccc(Br)cc1. The molecule has 6 nitrogen and oxygen atoms in total. The highest BCUT2D eigenvalue weighted by Crippen LogP contribution is 2.39. The van der Waals surface area contributed by atoms with Crippen LogP contribution in [0.3, 0.4) is 0 Å². The van der Waals surface area contributed by atoms with E-state index in [1.165, 1.54) is 4.90 Å². The number of rotatable bonds is 4. The number of pyridine rings is 1. The maximum Gasteiger partial charge on any atom is 0.295 e. The number of aliphatic hydroxyl groups is 1. The molecule has 1 aromatic heterocycles. The van der Waals surface area contributed by atoms with Gasteiger partial charge in [-0.15, -0.1) is 0 Å². The number of amides is 1. The van der Waals surface area contributed by atoms with Gasteiger partial charge in [0.05, 0.1) is 17.7 Å². The predicted molar refractivity (Wildman–Crippen MR) is 106 cm³/mol. The Labute approximate surface area is 171 Å². The number of carbonyl (C=O) groups is 2. The molecule has 1 aromatic carbocycles. The summed E-state index contributed by atoms with van der Waals surface area (Å²) >= 11 is 3.36. The molecule has 1 amide bonds. The third-order valence-electron chi connectivity index (χ3n) is 5.10. The fourth-order valence-electron chi connectivity index (χ4n) is 3.73. The highest BCUT2D eigenvalue weighted by molar-refractivity contribution is 9.10. The van der Waals surface area contributed by atoms with Gasteiger partial charge in [0.15, 0.2) is 0 Å². The third-order valence-corrected chi connectivity index (χ3v) is 5.63. The average molecular weight is 443 g/mol. The van der Waals surface area contributed by atoms with Crippen LogP contribution in [0.25, 0.3) is 5.76 Å². The van der Waals surface area contributed by atoms with Crippen LogP contribution in [0.1, 0.15) is 30.0 Å². The summed E-state index contributed by atoms with van der Waals surface area (Å²) in [6, 6.07) is 9.81. The summed E-state index contributed by atoms with van der Waals surface area (Å²) in [6.07, 6.45) is 4.91. The quantitative estimate of drug-likeness (QED) is 0.445. The van der Waals surface area contributed by atoms with Gasteiger partial charge in [-0.3, -0.25) is 14.6 Å². The summed E-state index contributed by atoms with van der Waals surface area (Å²) in [5, 5.41) is 10.9. The van der Waals surface area contributed by atoms with Crippen molar-refractivity contribution in [3.63, 3.8) is 0 Å². The molecule has 28 heavy (non-hydrogen) atoms. The molecule has 0 bridgehead atoms. The van der Waals surface area contributed by atoms with Gasteiger partial charge in [0.1, 0.15) is 5.76 Å². The molecule has 2 aromatic rings. The third kappa shape index (κ3) is 3.47. The zero-order valence-corrected chi connectivity index (χ0v) is 16.6. The van der Waals surface area contributed by atoms with Crippen molar-refractivity contribution >= 4 is 33.4 Å². The van der Waals surface area contributed by atoms with Crippen LogP contribution in [0.5, 0.6) is 0 Å². The topological polar surface area (TPSA) is 79.7 Å². The maximum absolute atomic E-state index is 12.9. The molecule has 2 saturated heterocycles. The van der Waals surface area contributed by atoms with Gasteiger partial charge >= 0.3 is 0 Å². The van der Waals surface area contributed by atoms with Gasteiger partial charge in [-0.25, -0.2) is 0 Å². The first-order chi connectivity index (χ1) is 13.6. The van der Waals surface area contributed by atoms with Crippen molar-refractivity contribution in [2.45, 2.75) is 25.0 Å². The van der Waals surface area contributed by atoms with Crippen LogP contribution < -0.4 is 0 Å². The average Bonchev–Trinajstić information content (AvgIpc) is 3.31. The number of hydrogen-bond donors (Lipinski definition) is 1. The molecule has 2 aliphatic rings. The Kier molecular flexibility index (Phi) is 5.28. The number of ether oxygens (including phenoxy) is 1. The van der Waals surface area contributed by atoms with E-state index < -0.39 is 17.7 Å². The molecule has 2 unspecified atom stereocenters. The van der Waals surface area contributed by atoms with Crippen LogP contribution >= 0.6 is 15.9 Å². The normalized spacial score (nSPS) is 24.1. The van der Waals surface area contributed by atoms with E-state index in [1.54, 1.807) is 48.8 Å². The lowest BCUT2D eigenvalue weighted by molar-refractivity contribution is -0.140. The van der Waals surface area contributed by atoms with Crippen LogP contribution in [0.15, 0.2) is 58.8 Å². The van der Waals surface area contributed by atoms with Gasteiger partial charge in [0.25, 0.3) is 11.7 Å². The highest BCUT2D eigenvalue weighted by atomic mass is 79.9. The van der Waals surface area contributed by atoms with Gasteiger partial charge < -0.3 is 14.7 Å². The Morgan fingerprint density at radius 2 is 1.89 bits per heavy atom. The minimum absolute atomic E-state index is 0.0940. The number of aromatic nitrogens is 1. The second-order valence-electron chi connectivity index (χ2n) is 6.87. The van der Waals surface area contributed by atoms with E-state index in [0.29, 0.717) is 18.7 Å². The van der Waals surface area contributed by atoms with Crippen LogP contribution in [0.4, 0.5) is 0 Å². The van der Waals surface area contributed by atoms with E-state index in [4.69, 9.17) is 4.74 Å². The predicted octanol–water partition coefficient (Wildman–Crippen LogP) is 3.44. The van der Waals surface area contributed by atoms with Crippen molar-refractivity contribution in [1.29, 1.82) is 0 Å². The lowest BCUT2D eigenvalue weighted by atomic mass is 9.96. The molecule has 2 atom stereocenters. The Hall–Kier alpha value is -2.51. The van der Waals surface area contributed by atoms with Crippen LogP contribution in [0.2, 0.25) is 0 Å². The minimum atomic E-state index is -0.680. The molecule has 1 N–H and O–H groups in total. The fraction of sp³-hybridized carbons (Fsp3) is 0.286. The minimum Gasteiger partial charge on any atom is -0.507 e. The molecule has 144 valence electrons. The summed E-state index contributed by atoms with van der Waals surface area (Å²) in [4.78, 5) is 31.2. The second-order valence-corrected chi connectivity index (χ2v) is 7.79. The summed E-state index contributed by atoms with van der Waals surface area (Å²) < 4.78 is 6.53. The molecular weight excluding hydrogens is 424 g/mol. The molecule has 2 fully saturated rings. The second kappa shape index (κ2) is 7.85. The summed E-state index contributed by atoms with van der Waals surface area (Å²) in [7, 11) is 0. The summed E-state index contributed by atoms with van der Waals surface area (Å²) in [5.74, 6) is -1.47. The number of Topliss-reactive ketones (excluding diaryl/α,β-unsaturated/α-hetero) is 1. The van der Waals surface area contributed by atoms with Crippen LogP contribution in [0, 0.1) is 0 Å². The number of likely N-dealkylation sites (tertiary alicyclic amines) is 1. The number of ketones is 1. The van der Waals surface area contributed by atoms with E-state index in [-0.39, 0.29) is 17.4 Å². The molecule has 0 saturated carbocycles. The lowest BCUT2D eigenvalue weighted by Crippen LogP contribution is -2.36. The van der Waals surface area contributed by atoms with Crippen molar-refractivity contribution in [2.75, 3.05) is 13.2 Å². The number of benzene rings is 1. The summed E-state index contributed by atoms with van der Waals surface area (Å²) in [6.45, 7) is 0.974. The number of carbonyl (C=O) groups excluding carboxylic acids is 2. The van der Waals surface area contributed by atoms with Gasteiger partial charge in [-0.2, -0.15) is 0 Å². The first-order valence-electron chi connectivity index (χ1n) is 9.12. The fourth-order valence-corrected chi connectivity index (χ4v) is 4.00. The van der Waals surface area contributed by atoms with Gasteiger partial charge in [0.2, 0.25) is 0 Å². The highest BCUT2D eigenvalue weighted by Gasteiger charge is 2.47. The number of hydrogen-bond acceptors (Lipinski definition) is 5. The molecule has 2 aliphatic heterocycles. The monoisotopic (exact) mass is 442 g/mol. The first kappa shape index (κ1) is 18.8. The Morgan fingerprint density at radius 3 is 2.54 bits per heavy atom. The van der Waals surface area contributed by atoms with E-state index in [1.807, 2.05) is 0 Å². The molecule has 4 rings (SSSR count). The maximum atomic E-state index is 12.9. The summed E-state index contributed by atoms with van der Waals surface area (Å²) in [5.41, 5.74) is 1.31. The van der Waals surface area contributed by atoms with E-state index in [9.17, 15) is 14.7 Å². The zero-order chi connectivity index (χ0) is 19.7. The van der Waals surface area contributed by atoms with Crippen molar-refractivity contribution in [1.82, 2.24) is 9.88 Å². The number of aliphatic hydroxyl groups excluding tert-OH is 1. The van der Waals surface area contributed by atoms with E-state index in [2.05, 4.69) is 20.9 Å². The molecule has 0 aliphatic carbocycles. The standard InChI is InChI=1S/C21H19BrN2O4/c22-15-5-3-14(4-6-15)19(25)17-18(13-7-9-23-10-8-13)24(21(27)20(17)26)12-16-2-1-11-28-16/h3-10,16,18,25H,1-2,11-12H2/b19-17-. The molecule has 0 radical (unpaired) electrons. The first-order valence-corrected chi connectivity index (χ1v) is 9.91. The van der Waals surface area contributed by atoms with E-state index >= 15 is 0 Å². The molecule has 7 heteroatoms. The van der Waals surface area contributed by atoms with Crippen molar-refractivity contribution in [3.05, 3.63) is 70.0 Å². The van der Waals surface area contributed by atoms with Gasteiger partial charge in [-0.1, -0.05) is 28.1 Å². The van der Waals surface area contributed by atoms with Crippen LogP contribution in [-0.4, -0.2) is 45.9 Å². The number of nitrogens with zero attached hydrogens (tertiary/aromatic N) is 2. The number of halogens is 1. The Balaban J connectivity index is 1.80. The van der Waals surface area contributed by atoms with Gasteiger partial charge in [0, 0.05) is 35.6 Å².